The van der Waals surface area contributed by atoms with E-state index < -0.39 is 0 Å². The summed E-state index contributed by atoms with van der Waals surface area (Å²) in [6, 6.07) is 19.8. The molecule has 0 saturated heterocycles. The summed E-state index contributed by atoms with van der Waals surface area (Å²) in [6.45, 7) is 2.79. The zero-order valence-electron chi connectivity index (χ0n) is 18.1. The molecule has 33 heavy (non-hydrogen) atoms. The smallest absolute Gasteiger partial charge is 0.231 e. The van der Waals surface area contributed by atoms with Gasteiger partial charge in [0.05, 0.1) is 17.1 Å². The van der Waals surface area contributed by atoms with Crippen molar-refractivity contribution in [1.82, 2.24) is 19.9 Å². The highest BCUT2D eigenvalue weighted by Crippen LogP contribution is 2.35. The van der Waals surface area contributed by atoms with Crippen molar-refractivity contribution in [3.05, 3.63) is 83.8 Å². The molecule has 0 amide bonds. The van der Waals surface area contributed by atoms with Gasteiger partial charge < -0.3 is 15.2 Å². The summed E-state index contributed by atoms with van der Waals surface area (Å²) in [5.41, 5.74) is 12.8. The maximum absolute atomic E-state index is 5.80. The third kappa shape index (κ3) is 3.99. The minimum atomic E-state index is 0.272. The molecule has 0 fully saturated rings. The highest BCUT2D eigenvalue weighted by Gasteiger charge is 2.20. The Balaban J connectivity index is 1.18. The maximum Gasteiger partial charge on any atom is 0.231 e. The van der Waals surface area contributed by atoms with E-state index in [0.29, 0.717) is 0 Å². The summed E-state index contributed by atoms with van der Waals surface area (Å²) in [4.78, 5) is 16.7. The fraction of sp³-hybridized carbons (Fsp3) is 0.192. The molecule has 0 aliphatic carbocycles. The molecule has 2 aromatic carbocycles. The summed E-state index contributed by atoms with van der Waals surface area (Å²) in [5.74, 6) is 2.30. The van der Waals surface area contributed by atoms with Crippen LogP contribution < -0.4 is 15.2 Å². The Morgan fingerprint density at radius 2 is 1.76 bits per heavy atom. The van der Waals surface area contributed by atoms with Crippen LogP contribution in [-0.4, -0.2) is 33.2 Å². The van der Waals surface area contributed by atoms with E-state index in [1.807, 2.05) is 54.7 Å². The van der Waals surface area contributed by atoms with Gasteiger partial charge in [0.1, 0.15) is 0 Å². The SMILES string of the molecule is Nc1ccc(-c2ncc3c(n2)CCN(Cc2cccc(-c4ccc5c(c4)OCO5)n2)C3)cc1. The summed E-state index contributed by atoms with van der Waals surface area (Å²) >= 11 is 0. The minimum Gasteiger partial charge on any atom is -0.454 e. The molecule has 4 aromatic rings. The Labute approximate surface area is 191 Å². The molecule has 2 N–H and O–H groups in total. The summed E-state index contributed by atoms with van der Waals surface area (Å²) in [6.07, 6.45) is 2.85. The number of hydrogen-bond acceptors (Lipinski definition) is 7. The molecule has 164 valence electrons. The quantitative estimate of drug-likeness (QED) is 0.482. The van der Waals surface area contributed by atoms with Crippen LogP contribution in [0.15, 0.2) is 66.9 Å². The van der Waals surface area contributed by atoms with E-state index in [1.165, 1.54) is 5.56 Å². The maximum atomic E-state index is 5.80. The molecule has 7 heteroatoms. The lowest BCUT2D eigenvalue weighted by Gasteiger charge is -2.27. The Morgan fingerprint density at radius 3 is 2.67 bits per heavy atom. The number of aromatic nitrogens is 3. The lowest BCUT2D eigenvalue weighted by atomic mass is 10.1. The van der Waals surface area contributed by atoms with E-state index in [-0.39, 0.29) is 6.79 Å². The van der Waals surface area contributed by atoms with Gasteiger partial charge in [-0.15, -0.1) is 0 Å². The number of hydrogen-bond donors (Lipinski definition) is 1. The van der Waals surface area contributed by atoms with Gasteiger partial charge in [0.2, 0.25) is 6.79 Å². The van der Waals surface area contributed by atoms with Gasteiger partial charge in [0, 0.05) is 54.6 Å². The van der Waals surface area contributed by atoms with Gasteiger partial charge in [0.15, 0.2) is 17.3 Å². The van der Waals surface area contributed by atoms with Crippen LogP contribution in [-0.2, 0) is 19.5 Å². The molecule has 0 spiro atoms. The van der Waals surface area contributed by atoms with Crippen molar-refractivity contribution >= 4 is 5.69 Å². The molecule has 0 bridgehead atoms. The molecule has 0 unspecified atom stereocenters. The van der Waals surface area contributed by atoms with Crippen molar-refractivity contribution in [3.63, 3.8) is 0 Å². The number of fused-ring (bicyclic) bond motifs is 2. The molecule has 0 atom stereocenters. The van der Waals surface area contributed by atoms with E-state index in [4.69, 9.17) is 25.2 Å². The van der Waals surface area contributed by atoms with Crippen molar-refractivity contribution in [1.29, 1.82) is 0 Å². The van der Waals surface area contributed by atoms with E-state index in [0.717, 1.165) is 77.3 Å². The number of nitrogens with zero attached hydrogens (tertiary/aromatic N) is 4. The van der Waals surface area contributed by atoms with E-state index >= 15 is 0 Å². The highest BCUT2D eigenvalue weighted by molar-refractivity contribution is 5.64. The molecule has 4 heterocycles. The van der Waals surface area contributed by atoms with Gasteiger partial charge in [0.25, 0.3) is 0 Å². The first-order chi connectivity index (χ1) is 16.2. The number of rotatable bonds is 4. The molecular formula is C26H23N5O2. The average Bonchev–Trinajstić information content (AvgIpc) is 3.32. The molecular weight excluding hydrogens is 414 g/mol. The van der Waals surface area contributed by atoms with E-state index in [2.05, 4.69) is 22.0 Å². The zero-order chi connectivity index (χ0) is 22.2. The first-order valence-corrected chi connectivity index (χ1v) is 11.0. The lowest BCUT2D eigenvalue weighted by Crippen LogP contribution is -2.31. The standard InChI is InChI=1S/C26H23N5O2/c27-20-7-4-17(5-8-20)26-28-13-19-14-31(11-10-23(19)30-26)15-21-2-1-3-22(29-21)18-6-9-24-25(12-18)33-16-32-24/h1-9,12-13H,10-11,14-16,27H2. The second-order valence-electron chi connectivity index (χ2n) is 8.33. The Kier molecular flexibility index (Phi) is 4.88. The second kappa shape index (κ2) is 8.18. The second-order valence-corrected chi connectivity index (χ2v) is 8.33. The molecule has 6 rings (SSSR count). The lowest BCUT2D eigenvalue weighted by molar-refractivity contribution is 0.174. The normalized spacial score (nSPS) is 14.8. The average molecular weight is 438 g/mol. The minimum absolute atomic E-state index is 0.272. The number of nitrogens with two attached hydrogens (primary N) is 1. The van der Waals surface area contributed by atoms with Gasteiger partial charge in [-0.3, -0.25) is 9.88 Å². The Morgan fingerprint density at radius 1 is 0.909 bits per heavy atom. The number of pyridine rings is 1. The summed E-state index contributed by atoms with van der Waals surface area (Å²) in [5, 5.41) is 0. The van der Waals surface area contributed by atoms with Crippen LogP contribution in [0.4, 0.5) is 5.69 Å². The van der Waals surface area contributed by atoms with E-state index in [9.17, 15) is 0 Å². The topological polar surface area (TPSA) is 86.4 Å². The van der Waals surface area contributed by atoms with Crippen molar-refractivity contribution in [3.8, 4) is 34.1 Å². The van der Waals surface area contributed by atoms with Crippen LogP contribution in [0.3, 0.4) is 0 Å². The van der Waals surface area contributed by atoms with Crippen LogP contribution in [0.2, 0.25) is 0 Å². The molecule has 0 saturated carbocycles. The number of benzene rings is 2. The molecule has 2 aliphatic rings. The Hall–Kier alpha value is -3.97. The van der Waals surface area contributed by atoms with Gasteiger partial charge in [-0.05, 0) is 54.6 Å². The van der Waals surface area contributed by atoms with Crippen LogP contribution in [0.5, 0.6) is 11.5 Å². The van der Waals surface area contributed by atoms with Crippen LogP contribution in [0, 0.1) is 0 Å². The Bertz CT molecular complexity index is 1320. The van der Waals surface area contributed by atoms with Gasteiger partial charge >= 0.3 is 0 Å². The van der Waals surface area contributed by atoms with Gasteiger partial charge in [-0.25, -0.2) is 9.97 Å². The summed E-state index contributed by atoms with van der Waals surface area (Å²) < 4.78 is 10.9. The number of ether oxygens (including phenoxy) is 2. The third-order valence-corrected chi connectivity index (χ3v) is 6.04. The third-order valence-electron chi connectivity index (χ3n) is 6.04. The van der Waals surface area contributed by atoms with E-state index in [1.54, 1.807) is 0 Å². The van der Waals surface area contributed by atoms with Crippen molar-refractivity contribution < 1.29 is 9.47 Å². The fourth-order valence-corrected chi connectivity index (χ4v) is 4.29. The number of anilines is 1. The molecule has 2 aromatic heterocycles. The number of nitrogen functional groups attached to an aromatic ring is 1. The van der Waals surface area contributed by atoms with Crippen molar-refractivity contribution in [2.75, 3.05) is 19.1 Å². The zero-order valence-corrected chi connectivity index (χ0v) is 18.1. The summed E-state index contributed by atoms with van der Waals surface area (Å²) in [7, 11) is 0. The van der Waals surface area contributed by atoms with Crippen molar-refractivity contribution in [2.24, 2.45) is 0 Å². The van der Waals surface area contributed by atoms with Crippen LogP contribution >= 0.6 is 0 Å². The monoisotopic (exact) mass is 437 g/mol. The first-order valence-electron chi connectivity index (χ1n) is 11.0. The van der Waals surface area contributed by atoms with Crippen molar-refractivity contribution in [2.45, 2.75) is 19.5 Å². The van der Waals surface area contributed by atoms with Crippen LogP contribution in [0.1, 0.15) is 17.0 Å². The largest absolute Gasteiger partial charge is 0.454 e. The predicted molar refractivity (Wildman–Crippen MR) is 125 cm³/mol. The fourth-order valence-electron chi connectivity index (χ4n) is 4.29. The predicted octanol–water partition coefficient (Wildman–Crippen LogP) is 4.07. The molecule has 2 aliphatic heterocycles. The first kappa shape index (κ1) is 19.7. The van der Waals surface area contributed by atoms with Gasteiger partial charge in [-0.1, -0.05) is 6.07 Å². The highest BCUT2D eigenvalue weighted by atomic mass is 16.7. The van der Waals surface area contributed by atoms with Crippen LogP contribution in [0.25, 0.3) is 22.6 Å². The molecule has 0 radical (unpaired) electrons. The van der Waals surface area contributed by atoms with Gasteiger partial charge in [-0.2, -0.15) is 0 Å². The molecule has 7 nitrogen and oxygen atoms in total.